The van der Waals surface area contributed by atoms with Gasteiger partial charge in [-0.1, -0.05) is 18.5 Å². The van der Waals surface area contributed by atoms with Gasteiger partial charge in [0.2, 0.25) is 17.2 Å². The van der Waals surface area contributed by atoms with Gasteiger partial charge in [-0.2, -0.15) is 0 Å². The maximum atomic E-state index is 14.3. The molecule has 6 rings (SSSR count). The fourth-order valence-corrected chi connectivity index (χ4v) is 6.94. The van der Waals surface area contributed by atoms with Crippen molar-refractivity contribution < 1.29 is 33.3 Å². The highest BCUT2D eigenvalue weighted by atomic mass is 35.5. The number of aromatic nitrogens is 3. The summed E-state index contributed by atoms with van der Waals surface area (Å²) in [6.07, 6.45) is 1.09. The SMILES string of the molecule is COc1cc(OC)c2c(c1Cl)O[C@@]1(C(=O)c3cc4c(=O)n(CC(=O)C5CCOC(C)(C)C5)c(=O)n(C)c4nc3C[C@H]1C)C2=O. The van der Waals surface area contributed by atoms with Crippen LogP contribution in [0.15, 0.2) is 21.7 Å². The Morgan fingerprint density at radius 3 is 2.48 bits per heavy atom. The zero-order valence-corrected chi connectivity index (χ0v) is 26.0. The highest BCUT2D eigenvalue weighted by Gasteiger charge is 2.62. The standard InChI is InChI=1S/C31H32ClN3O9/c1-14-9-18-16(25(37)31(14)26(38)22-20(41-5)11-21(42-6)23(32)24(22)44-31)10-17-27(33-18)34(4)29(40)35(28(17)39)13-19(36)15-7-8-43-30(2,3)12-15/h10-11,14-15H,7-9,12-13H2,1-6H3/t14-,15?,31+/m1/s1. The second kappa shape index (κ2) is 10.3. The molecule has 0 amide bonds. The highest BCUT2D eigenvalue weighted by Crippen LogP contribution is 2.53. The number of hydrogen-bond donors (Lipinski definition) is 0. The predicted molar refractivity (Wildman–Crippen MR) is 158 cm³/mol. The summed E-state index contributed by atoms with van der Waals surface area (Å²) in [5.41, 5.74) is -3.50. The minimum Gasteiger partial charge on any atom is -0.496 e. The van der Waals surface area contributed by atoms with Crippen LogP contribution in [0.5, 0.6) is 17.2 Å². The van der Waals surface area contributed by atoms with Crippen molar-refractivity contribution in [3.8, 4) is 17.2 Å². The summed E-state index contributed by atoms with van der Waals surface area (Å²) in [4.78, 5) is 73.2. The van der Waals surface area contributed by atoms with Crippen LogP contribution in [0.25, 0.3) is 11.0 Å². The van der Waals surface area contributed by atoms with Crippen molar-refractivity contribution >= 4 is 40.0 Å². The number of rotatable bonds is 5. The van der Waals surface area contributed by atoms with Crippen LogP contribution in [0.1, 0.15) is 60.0 Å². The van der Waals surface area contributed by atoms with Crippen LogP contribution in [0, 0.1) is 11.8 Å². The lowest BCUT2D eigenvalue weighted by atomic mass is 9.71. The molecule has 2 aliphatic heterocycles. The average Bonchev–Trinajstić information content (AvgIpc) is 3.30. The van der Waals surface area contributed by atoms with Crippen LogP contribution in [0.2, 0.25) is 5.02 Å². The number of benzene rings is 1. The van der Waals surface area contributed by atoms with Crippen LogP contribution >= 0.6 is 11.6 Å². The van der Waals surface area contributed by atoms with E-state index < -0.39 is 46.5 Å². The number of methoxy groups -OCH3 is 2. The topological polar surface area (TPSA) is 145 Å². The Labute approximate surface area is 256 Å². The van der Waals surface area contributed by atoms with E-state index in [9.17, 15) is 24.0 Å². The van der Waals surface area contributed by atoms with Gasteiger partial charge < -0.3 is 18.9 Å². The molecule has 0 N–H and O–H groups in total. The van der Waals surface area contributed by atoms with Crippen LogP contribution in [-0.4, -0.2) is 63.5 Å². The van der Waals surface area contributed by atoms with Gasteiger partial charge in [0.25, 0.3) is 5.56 Å². The van der Waals surface area contributed by atoms with Crippen LogP contribution in [0.3, 0.4) is 0 Å². The van der Waals surface area contributed by atoms with Crippen molar-refractivity contribution in [2.75, 3.05) is 20.8 Å². The summed E-state index contributed by atoms with van der Waals surface area (Å²) < 4.78 is 24.7. The van der Waals surface area contributed by atoms with E-state index in [4.69, 9.17) is 30.5 Å². The molecule has 1 aliphatic carbocycles. The zero-order valence-electron chi connectivity index (χ0n) is 25.2. The molecule has 4 heterocycles. The monoisotopic (exact) mass is 625 g/mol. The molecule has 1 saturated heterocycles. The van der Waals surface area contributed by atoms with Crippen molar-refractivity contribution in [2.45, 2.75) is 57.8 Å². The van der Waals surface area contributed by atoms with Crippen molar-refractivity contribution in [1.29, 1.82) is 0 Å². The van der Waals surface area contributed by atoms with E-state index in [-0.39, 0.29) is 62.6 Å². The molecule has 3 atom stereocenters. The number of fused-ring (bicyclic) bond motifs is 3. The van der Waals surface area contributed by atoms with Gasteiger partial charge in [0.05, 0.1) is 37.4 Å². The molecule has 0 bridgehead atoms. The summed E-state index contributed by atoms with van der Waals surface area (Å²) in [6.45, 7) is 5.45. The van der Waals surface area contributed by atoms with Gasteiger partial charge in [-0.25, -0.2) is 9.78 Å². The number of aryl methyl sites for hydroxylation is 1. The third kappa shape index (κ3) is 4.21. The van der Waals surface area contributed by atoms with Crippen LogP contribution in [0.4, 0.5) is 0 Å². The first-order valence-electron chi connectivity index (χ1n) is 14.3. The smallest absolute Gasteiger partial charge is 0.332 e. The third-order valence-corrected chi connectivity index (χ3v) is 9.41. The Balaban J connectivity index is 1.45. The summed E-state index contributed by atoms with van der Waals surface area (Å²) in [5, 5.41) is -0.0179. The quantitative estimate of drug-likeness (QED) is 0.388. The maximum absolute atomic E-state index is 14.3. The molecule has 1 fully saturated rings. The van der Waals surface area contributed by atoms with E-state index in [1.165, 1.54) is 38.0 Å². The number of halogens is 1. The molecule has 1 spiro atoms. The Morgan fingerprint density at radius 1 is 1.11 bits per heavy atom. The van der Waals surface area contributed by atoms with E-state index in [2.05, 4.69) is 4.98 Å². The molecule has 2 aromatic heterocycles. The zero-order chi connectivity index (χ0) is 31.9. The number of pyridine rings is 1. The fourth-order valence-electron chi connectivity index (χ4n) is 6.67. The number of nitrogens with zero attached hydrogens (tertiary/aromatic N) is 3. The summed E-state index contributed by atoms with van der Waals surface area (Å²) in [6, 6.07) is 2.79. The van der Waals surface area contributed by atoms with Crippen LogP contribution in [-0.2, 0) is 29.5 Å². The van der Waals surface area contributed by atoms with Crippen molar-refractivity contribution in [3.63, 3.8) is 0 Å². The first kappa shape index (κ1) is 30.0. The summed E-state index contributed by atoms with van der Waals surface area (Å²) >= 11 is 6.52. The molecule has 1 unspecified atom stereocenters. The predicted octanol–water partition coefficient (Wildman–Crippen LogP) is 2.93. The fraction of sp³-hybridized carbons (Fsp3) is 0.484. The molecule has 232 valence electrons. The van der Waals surface area contributed by atoms with Gasteiger partial charge in [-0.3, -0.25) is 28.3 Å². The van der Waals surface area contributed by atoms with Gasteiger partial charge in [0.15, 0.2) is 11.5 Å². The van der Waals surface area contributed by atoms with E-state index in [0.29, 0.717) is 25.1 Å². The normalized spacial score (nSPS) is 23.8. The van der Waals surface area contributed by atoms with Crippen LogP contribution < -0.4 is 25.5 Å². The maximum Gasteiger partial charge on any atom is 0.332 e. The van der Waals surface area contributed by atoms with Crippen molar-refractivity contribution in [3.05, 3.63) is 54.8 Å². The highest BCUT2D eigenvalue weighted by molar-refractivity contribution is 6.36. The Kier molecular flexibility index (Phi) is 7.00. The number of Topliss-reactive ketones (excluding diaryl/α,β-unsaturated/α-hetero) is 3. The molecular weight excluding hydrogens is 594 g/mol. The molecule has 0 radical (unpaired) electrons. The lowest BCUT2D eigenvalue weighted by Gasteiger charge is -2.36. The van der Waals surface area contributed by atoms with Crippen molar-refractivity contribution in [2.24, 2.45) is 18.9 Å². The third-order valence-electron chi connectivity index (χ3n) is 9.05. The lowest BCUT2D eigenvalue weighted by molar-refractivity contribution is -0.133. The molecule has 3 aliphatic rings. The van der Waals surface area contributed by atoms with Gasteiger partial charge in [-0.05, 0) is 39.2 Å². The number of ketones is 3. The molecule has 44 heavy (non-hydrogen) atoms. The second-order valence-corrected chi connectivity index (χ2v) is 12.6. The summed E-state index contributed by atoms with van der Waals surface area (Å²) in [5.74, 6) is -2.32. The minimum atomic E-state index is -1.99. The lowest BCUT2D eigenvalue weighted by Crippen LogP contribution is -2.57. The number of carbonyl (C=O) groups excluding carboxylic acids is 3. The van der Waals surface area contributed by atoms with Crippen molar-refractivity contribution in [1.82, 2.24) is 14.1 Å². The molecule has 12 nitrogen and oxygen atoms in total. The first-order valence-corrected chi connectivity index (χ1v) is 14.7. The van der Waals surface area contributed by atoms with E-state index in [1.807, 2.05) is 13.8 Å². The summed E-state index contributed by atoms with van der Waals surface area (Å²) in [7, 11) is 4.24. The van der Waals surface area contributed by atoms with Gasteiger partial charge >= 0.3 is 5.69 Å². The molecule has 13 heteroatoms. The number of carbonyl (C=O) groups is 3. The number of hydrogen-bond acceptors (Lipinski definition) is 10. The molecule has 0 saturated carbocycles. The Morgan fingerprint density at radius 2 is 1.82 bits per heavy atom. The average molecular weight is 626 g/mol. The second-order valence-electron chi connectivity index (χ2n) is 12.3. The minimum absolute atomic E-state index is 0.0126. The Bertz CT molecular complexity index is 1910. The molecule has 1 aromatic carbocycles. The van der Waals surface area contributed by atoms with E-state index in [1.54, 1.807) is 6.92 Å². The Hall–Kier alpha value is -4.03. The van der Waals surface area contributed by atoms with Gasteiger partial charge in [0, 0.05) is 37.1 Å². The molecular formula is C31H32ClN3O9. The largest absolute Gasteiger partial charge is 0.496 e. The van der Waals surface area contributed by atoms with E-state index >= 15 is 0 Å². The number of ether oxygens (including phenoxy) is 4. The van der Waals surface area contributed by atoms with Gasteiger partial charge in [0.1, 0.15) is 27.7 Å². The van der Waals surface area contributed by atoms with E-state index in [0.717, 1.165) is 4.57 Å². The first-order chi connectivity index (χ1) is 20.8. The van der Waals surface area contributed by atoms with Gasteiger partial charge in [-0.15, -0.1) is 0 Å². The molecule has 3 aromatic rings.